The van der Waals surface area contributed by atoms with Gasteiger partial charge >= 0.3 is 6.18 Å². The van der Waals surface area contributed by atoms with Crippen LogP contribution < -0.4 is 5.32 Å². The van der Waals surface area contributed by atoms with Crippen molar-refractivity contribution in [1.82, 2.24) is 15.2 Å². The SMILES string of the molecule is C=N/C=C(\C=C(/C)c1ccc2[nH]nc(C(=O)Nc3cccnc3)c2c1)C(F)(F)F. The van der Waals surface area contributed by atoms with E-state index in [2.05, 4.69) is 32.2 Å². The Bertz CT molecular complexity index is 1110. The Balaban J connectivity index is 1.96. The summed E-state index contributed by atoms with van der Waals surface area (Å²) in [7, 11) is 0. The molecule has 0 atom stereocenters. The van der Waals surface area contributed by atoms with Crippen LogP contribution in [-0.2, 0) is 0 Å². The van der Waals surface area contributed by atoms with E-state index >= 15 is 0 Å². The Morgan fingerprint density at radius 2 is 2.10 bits per heavy atom. The van der Waals surface area contributed by atoms with E-state index in [0.717, 1.165) is 6.08 Å². The fourth-order valence-electron chi connectivity index (χ4n) is 2.67. The van der Waals surface area contributed by atoms with Crippen LogP contribution in [0, 0.1) is 0 Å². The highest BCUT2D eigenvalue weighted by atomic mass is 19.4. The molecule has 0 bridgehead atoms. The molecule has 2 heterocycles. The first-order valence-corrected chi connectivity index (χ1v) is 8.41. The van der Waals surface area contributed by atoms with Gasteiger partial charge in [-0.3, -0.25) is 19.9 Å². The number of nitrogens with one attached hydrogen (secondary N) is 2. The Kier molecular flexibility index (Phi) is 5.58. The van der Waals surface area contributed by atoms with Gasteiger partial charge in [0, 0.05) is 17.8 Å². The number of nitrogens with zero attached hydrogens (tertiary/aromatic N) is 3. The topological polar surface area (TPSA) is 83.0 Å². The fourth-order valence-corrected chi connectivity index (χ4v) is 2.67. The molecule has 0 aliphatic rings. The van der Waals surface area contributed by atoms with E-state index in [1.807, 2.05) is 0 Å². The highest BCUT2D eigenvalue weighted by Gasteiger charge is 2.32. The van der Waals surface area contributed by atoms with Gasteiger partial charge in [0.05, 0.1) is 23.0 Å². The molecule has 0 unspecified atom stereocenters. The van der Waals surface area contributed by atoms with Crippen LogP contribution in [0.25, 0.3) is 16.5 Å². The summed E-state index contributed by atoms with van der Waals surface area (Å²) in [5, 5.41) is 9.94. The predicted octanol–water partition coefficient (Wildman–Crippen LogP) is 4.76. The molecule has 9 heteroatoms. The fraction of sp³-hybridized carbons (Fsp3) is 0.100. The zero-order chi connectivity index (χ0) is 21.0. The molecule has 0 radical (unpaired) electrons. The second-order valence-electron chi connectivity index (χ2n) is 6.12. The minimum Gasteiger partial charge on any atom is -0.319 e. The lowest BCUT2D eigenvalue weighted by atomic mass is 10.0. The van der Waals surface area contributed by atoms with Crippen LogP contribution in [0.5, 0.6) is 0 Å². The van der Waals surface area contributed by atoms with Gasteiger partial charge in [-0.25, -0.2) is 0 Å². The lowest BCUT2D eigenvalue weighted by Crippen LogP contribution is -2.12. The molecule has 3 aromatic rings. The van der Waals surface area contributed by atoms with Crippen LogP contribution >= 0.6 is 0 Å². The van der Waals surface area contributed by atoms with Crippen LogP contribution in [0.1, 0.15) is 23.0 Å². The second-order valence-corrected chi connectivity index (χ2v) is 6.12. The molecule has 0 spiro atoms. The van der Waals surface area contributed by atoms with Crippen molar-refractivity contribution in [2.45, 2.75) is 13.1 Å². The molecular weight excluding hydrogens is 383 g/mol. The van der Waals surface area contributed by atoms with Crippen LogP contribution in [-0.4, -0.2) is 34.0 Å². The zero-order valence-corrected chi connectivity index (χ0v) is 15.3. The summed E-state index contributed by atoms with van der Waals surface area (Å²) in [6, 6.07) is 8.26. The molecule has 3 rings (SSSR count). The second kappa shape index (κ2) is 8.09. The van der Waals surface area contributed by atoms with Gasteiger partial charge in [-0.2, -0.15) is 18.3 Å². The number of benzene rings is 1. The number of allylic oxidation sites excluding steroid dienone is 3. The van der Waals surface area contributed by atoms with Crippen molar-refractivity contribution in [3.8, 4) is 0 Å². The first-order chi connectivity index (χ1) is 13.8. The van der Waals surface area contributed by atoms with Crippen molar-refractivity contribution in [2.75, 3.05) is 5.32 Å². The number of halogens is 3. The summed E-state index contributed by atoms with van der Waals surface area (Å²) in [6.07, 6.45) is 0.144. The first kappa shape index (κ1) is 20.0. The van der Waals surface area contributed by atoms with E-state index < -0.39 is 17.7 Å². The van der Waals surface area contributed by atoms with Gasteiger partial charge in [0.25, 0.3) is 5.91 Å². The molecule has 0 aliphatic carbocycles. The van der Waals surface area contributed by atoms with Crippen LogP contribution in [0.3, 0.4) is 0 Å². The summed E-state index contributed by atoms with van der Waals surface area (Å²) in [6.45, 7) is 4.62. The van der Waals surface area contributed by atoms with E-state index in [4.69, 9.17) is 0 Å². The molecule has 0 fully saturated rings. The van der Waals surface area contributed by atoms with E-state index in [1.54, 1.807) is 43.5 Å². The molecule has 0 saturated heterocycles. The lowest BCUT2D eigenvalue weighted by Gasteiger charge is -2.09. The summed E-state index contributed by atoms with van der Waals surface area (Å²) >= 11 is 0. The number of rotatable bonds is 5. The number of amides is 1. The maximum Gasteiger partial charge on any atom is 0.417 e. The first-order valence-electron chi connectivity index (χ1n) is 8.41. The van der Waals surface area contributed by atoms with Gasteiger partial charge in [0.15, 0.2) is 5.69 Å². The van der Waals surface area contributed by atoms with Gasteiger partial charge in [-0.15, -0.1) is 0 Å². The average Bonchev–Trinajstić information content (AvgIpc) is 3.11. The van der Waals surface area contributed by atoms with Crippen molar-refractivity contribution < 1.29 is 18.0 Å². The minimum atomic E-state index is -4.56. The van der Waals surface area contributed by atoms with Crippen molar-refractivity contribution in [2.24, 2.45) is 4.99 Å². The molecular formula is C20H16F3N5O. The highest BCUT2D eigenvalue weighted by molar-refractivity contribution is 6.11. The third-order valence-corrected chi connectivity index (χ3v) is 4.08. The summed E-state index contributed by atoms with van der Waals surface area (Å²) in [5.41, 5.74) is 1.13. The normalized spacial score (nSPS) is 12.8. The van der Waals surface area contributed by atoms with Crippen molar-refractivity contribution in [3.05, 3.63) is 71.8 Å². The van der Waals surface area contributed by atoms with Gasteiger partial charge in [0.1, 0.15) is 0 Å². The molecule has 0 saturated carbocycles. The Morgan fingerprint density at radius 3 is 2.76 bits per heavy atom. The standard InChI is InChI=1S/C20H16F3N5O/c1-12(8-14(10-24-2)20(21,22)23)13-5-6-17-16(9-13)18(28-27-17)19(29)26-15-4-3-7-25-11-15/h3-11H,2H2,1H3,(H,26,29)(H,27,28)/b12-8+,14-10+. The lowest BCUT2D eigenvalue weighted by molar-refractivity contribution is -0.0883. The quantitative estimate of drug-likeness (QED) is 0.479. The molecule has 1 amide bonds. The van der Waals surface area contributed by atoms with Gasteiger partial charge in [0.2, 0.25) is 0 Å². The van der Waals surface area contributed by atoms with E-state index in [-0.39, 0.29) is 5.69 Å². The zero-order valence-electron chi connectivity index (χ0n) is 15.3. The molecule has 6 nitrogen and oxygen atoms in total. The monoisotopic (exact) mass is 399 g/mol. The predicted molar refractivity (Wildman–Crippen MR) is 106 cm³/mol. The highest BCUT2D eigenvalue weighted by Crippen LogP contribution is 2.30. The van der Waals surface area contributed by atoms with Gasteiger partial charge in [-0.05, 0) is 55.1 Å². The third kappa shape index (κ3) is 4.57. The average molecular weight is 399 g/mol. The Hall–Kier alpha value is -3.75. The summed E-state index contributed by atoms with van der Waals surface area (Å²) in [5.74, 6) is -0.463. The van der Waals surface area contributed by atoms with Crippen LogP contribution in [0.15, 0.2) is 65.6 Å². The minimum absolute atomic E-state index is 0.123. The molecule has 148 valence electrons. The van der Waals surface area contributed by atoms with Gasteiger partial charge < -0.3 is 5.32 Å². The smallest absolute Gasteiger partial charge is 0.319 e. The maximum absolute atomic E-state index is 13.1. The number of alkyl halides is 3. The number of hydrogen-bond acceptors (Lipinski definition) is 4. The molecule has 29 heavy (non-hydrogen) atoms. The van der Waals surface area contributed by atoms with Gasteiger partial charge in [-0.1, -0.05) is 6.07 Å². The molecule has 0 aliphatic heterocycles. The number of H-pyrrole nitrogens is 1. The third-order valence-electron chi connectivity index (χ3n) is 4.08. The Morgan fingerprint density at radius 1 is 1.31 bits per heavy atom. The van der Waals surface area contributed by atoms with Crippen LogP contribution in [0.2, 0.25) is 0 Å². The summed E-state index contributed by atoms with van der Waals surface area (Å²) in [4.78, 5) is 19.7. The van der Waals surface area contributed by atoms with Crippen molar-refractivity contribution in [1.29, 1.82) is 0 Å². The number of fused-ring (bicyclic) bond motifs is 1. The number of aromatic amines is 1. The molecule has 2 N–H and O–H groups in total. The summed E-state index contributed by atoms with van der Waals surface area (Å²) < 4.78 is 39.3. The number of hydrogen-bond donors (Lipinski definition) is 2. The van der Waals surface area contributed by atoms with E-state index in [9.17, 15) is 18.0 Å². The number of pyridine rings is 1. The van der Waals surface area contributed by atoms with Crippen LogP contribution in [0.4, 0.5) is 18.9 Å². The maximum atomic E-state index is 13.1. The van der Waals surface area contributed by atoms with Crippen molar-refractivity contribution in [3.63, 3.8) is 0 Å². The number of carbonyl (C=O) groups excluding carboxylic acids is 1. The van der Waals surface area contributed by atoms with E-state index in [1.165, 1.54) is 6.20 Å². The Labute approximate surface area is 163 Å². The molecule has 1 aromatic carbocycles. The largest absolute Gasteiger partial charge is 0.417 e. The number of aliphatic imine (C=N–C) groups is 1. The van der Waals surface area contributed by atoms with Crippen molar-refractivity contribution >= 4 is 34.8 Å². The molecule has 2 aromatic heterocycles. The number of carbonyl (C=O) groups is 1. The number of anilines is 1. The number of aromatic nitrogens is 3. The van der Waals surface area contributed by atoms with E-state index in [0.29, 0.717) is 33.9 Å².